The molecule has 0 saturated carbocycles. The molecule has 0 fully saturated rings. The maximum atomic E-state index is 7.44. The third-order valence-electron chi connectivity index (χ3n) is 1.98. The van der Waals surface area contributed by atoms with Gasteiger partial charge in [0, 0.05) is 24.6 Å². The van der Waals surface area contributed by atoms with E-state index in [0.717, 1.165) is 10.9 Å². The molecule has 1 rings (SSSR count). The van der Waals surface area contributed by atoms with E-state index in [-0.39, 0.29) is 5.84 Å². The number of rotatable bonds is 6. The van der Waals surface area contributed by atoms with Crippen LogP contribution in [0, 0.1) is 5.41 Å². The van der Waals surface area contributed by atoms with E-state index in [2.05, 4.69) is 15.9 Å². The topological polar surface area (TPSA) is 68.3 Å². The molecule has 16 heavy (non-hydrogen) atoms. The number of hydrogen-bond donors (Lipinski definition) is 2. The van der Waals surface area contributed by atoms with Crippen molar-refractivity contribution in [1.82, 2.24) is 0 Å². The van der Waals surface area contributed by atoms with E-state index in [0.29, 0.717) is 24.5 Å². The number of hydrogen-bond acceptors (Lipinski definition) is 3. The average Bonchev–Trinajstić information content (AvgIpc) is 2.26. The van der Waals surface area contributed by atoms with Gasteiger partial charge in [0.25, 0.3) is 0 Å². The summed E-state index contributed by atoms with van der Waals surface area (Å²) in [5, 5.41) is 7.44. The summed E-state index contributed by atoms with van der Waals surface area (Å²) in [5.74, 6) is 0.634. The van der Waals surface area contributed by atoms with Crippen LogP contribution in [0.15, 0.2) is 22.7 Å². The minimum Gasteiger partial charge on any atom is -0.493 e. The Kier molecular flexibility index (Phi) is 5.28. The largest absolute Gasteiger partial charge is 0.493 e. The predicted molar refractivity (Wildman–Crippen MR) is 67.1 cm³/mol. The van der Waals surface area contributed by atoms with Crippen LogP contribution in [0.2, 0.25) is 0 Å². The van der Waals surface area contributed by atoms with Crippen molar-refractivity contribution in [2.75, 3.05) is 20.3 Å². The fraction of sp³-hybridized carbons (Fsp3) is 0.364. The molecule has 0 atom stereocenters. The first-order valence-corrected chi connectivity index (χ1v) is 5.70. The first-order valence-electron chi connectivity index (χ1n) is 4.91. The van der Waals surface area contributed by atoms with Gasteiger partial charge < -0.3 is 15.2 Å². The number of ether oxygens (including phenoxy) is 2. The summed E-state index contributed by atoms with van der Waals surface area (Å²) in [6.45, 7) is 1.21. The number of amidine groups is 1. The van der Waals surface area contributed by atoms with Crippen molar-refractivity contribution in [3.05, 3.63) is 28.2 Å². The summed E-state index contributed by atoms with van der Waals surface area (Å²) in [6.07, 6.45) is 0.809. The van der Waals surface area contributed by atoms with Crippen molar-refractivity contribution < 1.29 is 9.47 Å². The zero-order valence-electron chi connectivity index (χ0n) is 9.13. The number of nitrogens with two attached hydrogens (primary N) is 1. The Hall–Kier alpha value is -1.07. The number of benzene rings is 1. The van der Waals surface area contributed by atoms with Gasteiger partial charge in [0.2, 0.25) is 0 Å². The second-order valence-electron chi connectivity index (χ2n) is 3.25. The van der Waals surface area contributed by atoms with Gasteiger partial charge in [-0.05, 0) is 18.2 Å². The summed E-state index contributed by atoms with van der Waals surface area (Å²) in [6, 6.07) is 5.43. The summed E-state index contributed by atoms with van der Waals surface area (Å²) in [5.41, 5.74) is 6.08. The second kappa shape index (κ2) is 6.50. The molecular weight excluding hydrogens is 272 g/mol. The molecule has 0 bridgehead atoms. The maximum Gasteiger partial charge on any atom is 0.130 e. The molecule has 0 spiro atoms. The monoisotopic (exact) mass is 286 g/mol. The number of nitrogen functional groups attached to an aromatic ring is 1. The highest BCUT2D eigenvalue weighted by atomic mass is 79.9. The van der Waals surface area contributed by atoms with Gasteiger partial charge in [-0.25, -0.2) is 0 Å². The summed E-state index contributed by atoms with van der Waals surface area (Å²) in [7, 11) is 1.65. The highest BCUT2D eigenvalue weighted by Crippen LogP contribution is 2.22. The molecule has 88 valence electrons. The van der Waals surface area contributed by atoms with Gasteiger partial charge in [-0.2, -0.15) is 0 Å². The van der Waals surface area contributed by atoms with E-state index < -0.39 is 0 Å². The Labute approximate surface area is 103 Å². The molecular formula is C11H15BrN2O2. The van der Waals surface area contributed by atoms with Crippen LogP contribution in [-0.4, -0.2) is 26.2 Å². The predicted octanol–water partition coefficient (Wildman–Crippen LogP) is 2.15. The molecule has 0 unspecified atom stereocenters. The van der Waals surface area contributed by atoms with E-state index >= 15 is 0 Å². The third-order valence-corrected chi connectivity index (χ3v) is 2.48. The van der Waals surface area contributed by atoms with Crippen LogP contribution in [0.4, 0.5) is 0 Å². The zero-order valence-corrected chi connectivity index (χ0v) is 10.7. The number of halogens is 1. The molecule has 3 N–H and O–H groups in total. The highest BCUT2D eigenvalue weighted by molar-refractivity contribution is 9.10. The molecule has 1 aromatic carbocycles. The Morgan fingerprint density at radius 2 is 2.19 bits per heavy atom. The standard InChI is InChI=1S/C11H15BrN2O2/c1-15-5-2-6-16-10-4-3-8(12)7-9(10)11(13)14/h3-4,7H,2,5-6H2,1H3,(H3,13,14). The van der Waals surface area contributed by atoms with Gasteiger partial charge in [0.05, 0.1) is 12.2 Å². The summed E-state index contributed by atoms with van der Waals surface area (Å²) >= 11 is 3.33. The number of nitrogens with one attached hydrogen (secondary N) is 1. The van der Waals surface area contributed by atoms with E-state index in [1.165, 1.54) is 0 Å². The molecule has 1 aromatic rings. The van der Waals surface area contributed by atoms with E-state index in [4.69, 9.17) is 20.6 Å². The lowest BCUT2D eigenvalue weighted by atomic mass is 10.2. The molecule has 4 nitrogen and oxygen atoms in total. The highest BCUT2D eigenvalue weighted by Gasteiger charge is 2.07. The normalized spacial score (nSPS) is 10.1. The lowest BCUT2D eigenvalue weighted by molar-refractivity contribution is 0.172. The van der Waals surface area contributed by atoms with E-state index in [1.54, 1.807) is 19.2 Å². The molecule has 0 radical (unpaired) electrons. The van der Waals surface area contributed by atoms with Crippen LogP contribution < -0.4 is 10.5 Å². The second-order valence-corrected chi connectivity index (χ2v) is 4.16. The quantitative estimate of drug-likeness (QED) is 0.478. The Balaban J connectivity index is 2.67. The zero-order chi connectivity index (χ0) is 12.0. The SMILES string of the molecule is COCCCOc1ccc(Br)cc1C(=N)N. The molecule has 0 aliphatic rings. The first-order chi connectivity index (χ1) is 7.65. The first kappa shape index (κ1) is 13.0. The van der Waals surface area contributed by atoms with Crippen LogP contribution in [-0.2, 0) is 4.74 Å². The lowest BCUT2D eigenvalue weighted by Crippen LogP contribution is -2.13. The van der Waals surface area contributed by atoms with Gasteiger partial charge in [-0.15, -0.1) is 0 Å². The van der Waals surface area contributed by atoms with Crippen LogP contribution in [0.3, 0.4) is 0 Å². The number of methoxy groups -OCH3 is 1. The van der Waals surface area contributed by atoms with Gasteiger partial charge in [0.1, 0.15) is 11.6 Å². The van der Waals surface area contributed by atoms with Gasteiger partial charge in [-0.1, -0.05) is 15.9 Å². The molecule has 0 saturated heterocycles. The molecule has 0 aromatic heterocycles. The van der Waals surface area contributed by atoms with Crippen LogP contribution in [0.5, 0.6) is 5.75 Å². The van der Waals surface area contributed by atoms with Crippen LogP contribution >= 0.6 is 15.9 Å². The summed E-state index contributed by atoms with van der Waals surface area (Å²) in [4.78, 5) is 0. The molecule has 0 heterocycles. The Morgan fingerprint density at radius 3 is 2.81 bits per heavy atom. The van der Waals surface area contributed by atoms with Crippen molar-refractivity contribution in [2.45, 2.75) is 6.42 Å². The third kappa shape index (κ3) is 3.83. The van der Waals surface area contributed by atoms with Crippen molar-refractivity contribution in [3.8, 4) is 5.75 Å². The van der Waals surface area contributed by atoms with Crippen molar-refractivity contribution in [1.29, 1.82) is 5.41 Å². The Bertz CT molecular complexity index is 369. The van der Waals surface area contributed by atoms with E-state index in [9.17, 15) is 0 Å². The lowest BCUT2D eigenvalue weighted by Gasteiger charge is -2.10. The van der Waals surface area contributed by atoms with Crippen LogP contribution in [0.25, 0.3) is 0 Å². The molecule has 0 amide bonds. The van der Waals surface area contributed by atoms with Crippen molar-refractivity contribution in [2.24, 2.45) is 5.73 Å². The molecule has 5 heteroatoms. The summed E-state index contributed by atoms with van der Waals surface area (Å²) < 4.78 is 11.3. The van der Waals surface area contributed by atoms with Gasteiger partial charge >= 0.3 is 0 Å². The average molecular weight is 287 g/mol. The fourth-order valence-corrected chi connectivity index (χ4v) is 1.59. The van der Waals surface area contributed by atoms with Crippen molar-refractivity contribution in [3.63, 3.8) is 0 Å². The van der Waals surface area contributed by atoms with Gasteiger partial charge in [-0.3, -0.25) is 5.41 Å². The minimum absolute atomic E-state index is 0.00282. The van der Waals surface area contributed by atoms with Gasteiger partial charge in [0.15, 0.2) is 0 Å². The Morgan fingerprint density at radius 1 is 1.44 bits per heavy atom. The molecule has 0 aliphatic heterocycles. The molecule has 0 aliphatic carbocycles. The van der Waals surface area contributed by atoms with E-state index in [1.807, 2.05) is 6.07 Å². The fourth-order valence-electron chi connectivity index (χ4n) is 1.22. The maximum absolute atomic E-state index is 7.44. The van der Waals surface area contributed by atoms with Crippen molar-refractivity contribution >= 4 is 21.8 Å². The minimum atomic E-state index is 0.00282. The van der Waals surface area contributed by atoms with Crippen LogP contribution in [0.1, 0.15) is 12.0 Å². The smallest absolute Gasteiger partial charge is 0.130 e.